The second kappa shape index (κ2) is 6.44. The Morgan fingerprint density at radius 1 is 1.42 bits per heavy atom. The summed E-state index contributed by atoms with van der Waals surface area (Å²) in [5.41, 5.74) is 1.72. The highest BCUT2D eigenvalue weighted by atomic mass is 32.2. The molecular weight excluding hydrogens is 256 g/mol. The van der Waals surface area contributed by atoms with Crippen LogP contribution in [-0.4, -0.2) is 11.7 Å². The summed E-state index contributed by atoms with van der Waals surface area (Å²) in [5.74, 6) is 0.785. The average Bonchev–Trinajstić information content (AvgIpc) is 2.45. The van der Waals surface area contributed by atoms with E-state index in [0.717, 1.165) is 22.8 Å². The van der Waals surface area contributed by atoms with Crippen molar-refractivity contribution < 1.29 is 4.79 Å². The highest BCUT2D eigenvalue weighted by Gasteiger charge is 2.29. The van der Waals surface area contributed by atoms with E-state index in [4.69, 9.17) is 0 Å². The number of carbonyl (C=O) groups is 1. The molecule has 0 aliphatic carbocycles. The Morgan fingerprint density at radius 3 is 2.79 bits per heavy atom. The summed E-state index contributed by atoms with van der Waals surface area (Å²) in [6.07, 6.45) is 1.36. The molecule has 0 saturated carbocycles. The molecule has 1 aliphatic rings. The maximum absolute atomic E-state index is 11.8. The van der Waals surface area contributed by atoms with Crippen molar-refractivity contribution in [1.29, 1.82) is 5.26 Å². The van der Waals surface area contributed by atoms with Crippen molar-refractivity contribution in [3.63, 3.8) is 0 Å². The van der Waals surface area contributed by atoms with Gasteiger partial charge in [0, 0.05) is 12.3 Å². The highest BCUT2D eigenvalue weighted by molar-refractivity contribution is 8.03. The predicted molar refractivity (Wildman–Crippen MR) is 77.3 cm³/mol. The molecule has 0 spiro atoms. The zero-order chi connectivity index (χ0) is 13.7. The number of carbonyl (C=O) groups excluding carboxylic acids is 1. The smallest absolute Gasteiger partial charge is 0.225 e. The second-order valence-electron chi connectivity index (χ2n) is 4.42. The van der Waals surface area contributed by atoms with Crippen LogP contribution in [0.5, 0.6) is 0 Å². The first-order valence-electron chi connectivity index (χ1n) is 6.38. The molecule has 1 aromatic carbocycles. The monoisotopic (exact) mass is 272 g/mol. The standard InChI is InChI=1S/C15H16N2OS/c1-2-8-19-15-13(10-16)12(9-14(18)17-15)11-6-4-3-5-7-11/h3-7,12H,2,8-9H2,1H3,(H,17,18)/t12-/m1/s1. The van der Waals surface area contributed by atoms with Gasteiger partial charge in [0.15, 0.2) is 0 Å². The molecular formula is C15H16N2OS. The molecule has 19 heavy (non-hydrogen) atoms. The third kappa shape index (κ3) is 3.18. The van der Waals surface area contributed by atoms with E-state index in [9.17, 15) is 10.1 Å². The lowest BCUT2D eigenvalue weighted by molar-refractivity contribution is -0.120. The number of allylic oxidation sites excluding steroid dienone is 1. The molecule has 1 amide bonds. The largest absolute Gasteiger partial charge is 0.320 e. The van der Waals surface area contributed by atoms with Crippen LogP contribution in [-0.2, 0) is 4.79 Å². The molecule has 1 aliphatic heterocycles. The van der Waals surface area contributed by atoms with Gasteiger partial charge in [0.2, 0.25) is 5.91 Å². The van der Waals surface area contributed by atoms with E-state index in [0.29, 0.717) is 12.0 Å². The number of benzene rings is 1. The Bertz CT molecular complexity index is 531. The van der Waals surface area contributed by atoms with E-state index in [1.807, 2.05) is 30.3 Å². The Morgan fingerprint density at radius 2 is 2.16 bits per heavy atom. The van der Waals surface area contributed by atoms with E-state index >= 15 is 0 Å². The van der Waals surface area contributed by atoms with E-state index < -0.39 is 0 Å². The van der Waals surface area contributed by atoms with Crippen LogP contribution in [0.25, 0.3) is 0 Å². The lowest BCUT2D eigenvalue weighted by Gasteiger charge is -2.25. The maximum atomic E-state index is 11.8. The molecule has 1 aromatic rings. The first kappa shape index (κ1) is 13.7. The first-order valence-corrected chi connectivity index (χ1v) is 7.36. The van der Waals surface area contributed by atoms with Crippen LogP contribution in [0.2, 0.25) is 0 Å². The van der Waals surface area contributed by atoms with Crippen LogP contribution in [0.4, 0.5) is 0 Å². The van der Waals surface area contributed by atoms with Gasteiger partial charge < -0.3 is 5.32 Å². The summed E-state index contributed by atoms with van der Waals surface area (Å²) >= 11 is 1.56. The van der Waals surface area contributed by atoms with Gasteiger partial charge in [-0.2, -0.15) is 5.26 Å². The zero-order valence-electron chi connectivity index (χ0n) is 10.8. The summed E-state index contributed by atoms with van der Waals surface area (Å²) < 4.78 is 0. The summed E-state index contributed by atoms with van der Waals surface area (Å²) in [4.78, 5) is 11.8. The van der Waals surface area contributed by atoms with Gasteiger partial charge in [0.1, 0.15) is 0 Å². The number of nitriles is 1. The highest BCUT2D eigenvalue weighted by Crippen LogP contribution is 2.35. The lowest BCUT2D eigenvalue weighted by Crippen LogP contribution is -2.30. The van der Waals surface area contributed by atoms with Crippen molar-refractivity contribution in [2.24, 2.45) is 0 Å². The Hall–Kier alpha value is -1.73. The van der Waals surface area contributed by atoms with Gasteiger partial charge in [0.05, 0.1) is 16.7 Å². The van der Waals surface area contributed by atoms with Gasteiger partial charge in [-0.05, 0) is 17.7 Å². The van der Waals surface area contributed by atoms with Crippen LogP contribution in [0.1, 0.15) is 31.2 Å². The van der Waals surface area contributed by atoms with Gasteiger partial charge in [-0.3, -0.25) is 4.79 Å². The topological polar surface area (TPSA) is 52.9 Å². The second-order valence-corrected chi connectivity index (χ2v) is 5.52. The summed E-state index contributed by atoms with van der Waals surface area (Å²) in [7, 11) is 0. The fourth-order valence-corrected chi connectivity index (χ4v) is 3.04. The molecule has 0 aromatic heterocycles. The molecule has 4 heteroatoms. The number of thioether (sulfide) groups is 1. The number of rotatable bonds is 4. The SMILES string of the molecule is CCCSC1=C(C#N)[C@@H](c2ccccc2)CC(=O)N1. The van der Waals surface area contributed by atoms with Crippen molar-refractivity contribution >= 4 is 17.7 Å². The van der Waals surface area contributed by atoms with Crippen LogP contribution in [0.3, 0.4) is 0 Å². The molecule has 0 radical (unpaired) electrons. The van der Waals surface area contributed by atoms with Crippen LogP contribution >= 0.6 is 11.8 Å². The van der Waals surface area contributed by atoms with Gasteiger partial charge in [-0.15, -0.1) is 11.8 Å². The molecule has 3 nitrogen and oxygen atoms in total. The average molecular weight is 272 g/mol. The van der Waals surface area contributed by atoms with Gasteiger partial charge in [-0.25, -0.2) is 0 Å². The minimum absolute atomic E-state index is 0.00791. The molecule has 1 atom stereocenters. The minimum atomic E-state index is -0.112. The predicted octanol–water partition coefficient (Wildman–Crippen LogP) is 3.17. The number of nitrogens with zero attached hydrogens (tertiary/aromatic N) is 1. The van der Waals surface area contributed by atoms with Gasteiger partial charge in [-0.1, -0.05) is 37.3 Å². The Kier molecular flexibility index (Phi) is 4.64. The van der Waals surface area contributed by atoms with Crippen molar-refractivity contribution in [3.8, 4) is 6.07 Å². The van der Waals surface area contributed by atoms with Crippen molar-refractivity contribution in [1.82, 2.24) is 5.32 Å². The van der Waals surface area contributed by atoms with Gasteiger partial charge in [0.25, 0.3) is 0 Å². The summed E-state index contributed by atoms with van der Waals surface area (Å²) in [5, 5.41) is 13.0. The van der Waals surface area contributed by atoms with Crippen LogP contribution < -0.4 is 5.32 Å². The number of hydrogen-bond donors (Lipinski definition) is 1. The van der Waals surface area contributed by atoms with E-state index in [1.54, 1.807) is 11.8 Å². The molecule has 0 fully saturated rings. The fraction of sp³-hybridized carbons (Fsp3) is 0.333. The number of hydrogen-bond acceptors (Lipinski definition) is 3. The van der Waals surface area contributed by atoms with Crippen molar-refractivity contribution in [3.05, 3.63) is 46.5 Å². The quantitative estimate of drug-likeness (QED) is 0.916. The molecule has 0 bridgehead atoms. The Labute approximate surface area is 117 Å². The number of nitrogens with one attached hydrogen (secondary N) is 1. The van der Waals surface area contributed by atoms with E-state index in [1.165, 1.54) is 0 Å². The zero-order valence-corrected chi connectivity index (χ0v) is 11.7. The van der Waals surface area contributed by atoms with Crippen LogP contribution in [0, 0.1) is 11.3 Å². The van der Waals surface area contributed by atoms with Crippen molar-refractivity contribution in [2.75, 3.05) is 5.75 Å². The fourth-order valence-electron chi connectivity index (χ4n) is 2.11. The van der Waals surface area contributed by atoms with Crippen molar-refractivity contribution in [2.45, 2.75) is 25.7 Å². The molecule has 0 unspecified atom stereocenters. The van der Waals surface area contributed by atoms with Gasteiger partial charge >= 0.3 is 0 Å². The Balaban J connectivity index is 2.36. The molecule has 0 saturated heterocycles. The molecule has 1 heterocycles. The maximum Gasteiger partial charge on any atom is 0.225 e. The van der Waals surface area contributed by atoms with E-state index in [-0.39, 0.29) is 11.8 Å². The molecule has 98 valence electrons. The summed E-state index contributed by atoms with van der Waals surface area (Å²) in [6, 6.07) is 12.0. The van der Waals surface area contributed by atoms with Crippen LogP contribution in [0.15, 0.2) is 40.9 Å². The summed E-state index contributed by atoms with van der Waals surface area (Å²) in [6.45, 7) is 2.08. The minimum Gasteiger partial charge on any atom is -0.320 e. The molecule has 1 N–H and O–H groups in total. The molecule has 2 rings (SSSR count). The van der Waals surface area contributed by atoms with E-state index in [2.05, 4.69) is 18.3 Å². The first-order chi connectivity index (χ1) is 9.26. The lowest BCUT2D eigenvalue weighted by atomic mass is 9.87. The third-order valence-corrected chi connectivity index (χ3v) is 4.23. The normalized spacial score (nSPS) is 18.9. The third-order valence-electron chi connectivity index (χ3n) is 3.01. The number of amides is 1.